The van der Waals surface area contributed by atoms with Gasteiger partial charge in [-0.2, -0.15) is 0 Å². The topological polar surface area (TPSA) is 74.7 Å². The number of methoxy groups -OCH3 is 1. The van der Waals surface area contributed by atoms with E-state index < -0.39 is 17.8 Å². The van der Waals surface area contributed by atoms with E-state index in [1.54, 1.807) is 19.1 Å². The zero-order valence-corrected chi connectivity index (χ0v) is 20.4. The number of thioether (sulfide) groups is 1. The number of benzene rings is 1. The van der Waals surface area contributed by atoms with Crippen molar-refractivity contribution in [3.63, 3.8) is 0 Å². The number of fused-ring (bicyclic) bond motifs is 1. The molecule has 34 heavy (non-hydrogen) atoms. The Labute approximate surface area is 203 Å². The van der Waals surface area contributed by atoms with Gasteiger partial charge in [-0.05, 0) is 37.1 Å². The van der Waals surface area contributed by atoms with Gasteiger partial charge in [0.05, 0.1) is 30.3 Å². The molecule has 1 unspecified atom stereocenters. The van der Waals surface area contributed by atoms with Gasteiger partial charge in [0.2, 0.25) is 5.91 Å². The summed E-state index contributed by atoms with van der Waals surface area (Å²) in [4.78, 5) is 36.8. The molecule has 0 N–H and O–H groups in total. The molecule has 3 heterocycles. The van der Waals surface area contributed by atoms with Crippen LogP contribution in [0.25, 0.3) is 0 Å². The molecule has 1 aromatic rings. The van der Waals surface area contributed by atoms with Gasteiger partial charge in [-0.15, -0.1) is 0 Å². The minimum atomic E-state index is -0.653. The van der Waals surface area contributed by atoms with Crippen molar-refractivity contribution in [2.24, 2.45) is 4.99 Å². The van der Waals surface area contributed by atoms with E-state index in [-0.39, 0.29) is 25.5 Å². The van der Waals surface area contributed by atoms with Crippen LogP contribution in [0.1, 0.15) is 24.9 Å². The third-order valence-corrected chi connectivity index (χ3v) is 6.98. The third kappa shape index (κ3) is 5.18. The number of piperazine rings is 1. The highest BCUT2D eigenvalue weighted by molar-refractivity contribution is 8.16. The van der Waals surface area contributed by atoms with Crippen LogP contribution in [0.15, 0.2) is 51.6 Å². The number of likely N-dealkylation sites (N-methyl/N-ethyl adjacent to an activating group) is 1. The summed E-state index contributed by atoms with van der Waals surface area (Å²) in [6, 6.07) is 5.50. The van der Waals surface area contributed by atoms with Crippen molar-refractivity contribution in [1.82, 2.24) is 14.7 Å². The molecule has 4 rings (SSSR count). The molecule has 1 fully saturated rings. The fraction of sp³-hybridized carbons (Fsp3) is 0.458. The second kappa shape index (κ2) is 10.7. The summed E-state index contributed by atoms with van der Waals surface area (Å²) in [5.41, 5.74) is 2.16. The number of halogens is 1. The number of allylic oxidation sites excluding steroid dienone is 1. The van der Waals surface area contributed by atoms with Crippen molar-refractivity contribution in [2.75, 3.05) is 53.6 Å². The van der Waals surface area contributed by atoms with Gasteiger partial charge in [0, 0.05) is 39.0 Å². The Morgan fingerprint density at radius 2 is 1.97 bits per heavy atom. The number of nitrogens with zero attached hydrogens (tertiary/aromatic N) is 4. The van der Waals surface area contributed by atoms with Crippen LogP contribution in [0.2, 0.25) is 0 Å². The number of carbonyl (C=O) groups excluding carboxylic acids is 2. The first-order valence-electron chi connectivity index (χ1n) is 11.2. The van der Waals surface area contributed by atoms with Gasteiger partial charge in [-0.3, -0.25) is 4.79 Å². The van der Waals surface area contributed by atoms with E-state index >= 15 is 0 Å². The summed E-state index contributed by atoms with van der Waals surface area (Å²) >= 11 is 1.40. The number of carbonyl (C=O) groups is 2. The van der Waals surface area contributed by atoms with Gasteiger partial charge in [0.25, 0.3) is 0 Å². The van der Waals surface area contributed by atoms with Crippen LogP contribution < -0.4 is 0 Å². The molecule has 0 aliphatic carbocycles. The SMILES string of the molecule is COCCOC(=O)C1=C(C)N=C2SC=C(CC(=O)N3CCN(C)CC3)N2C1c1cccc(F)c1. The van der Waals surface area contributed by atoms with Crippen LogP contribution in [-0.4, -0.2) is 85.3 Å². The fourth-order valence-corrected chi connectivity index (χ4v) is 5.21. The van der Waals surface area contributed by atoms with E-state index in [0.717, 1.165) is 18.8 Å². The maximum atomic E-state index is 14.2. The van der Waals surface area contributed by atoms with Crippen molar-refractivity contribution in [3.05, 3.63) is 58.0 Å². The summed E-state index contributed by atoms with van der Waals surface area (Å²) < 4.78 is 24.7. The number of aliphatic imine (C=N–C) groups is 1. The number of rotatable bonds is 7. The Morgan fingerprint density at radius 3 is 2.68 bits per heavy atom. The van der Waals surface area contributed by atoms with Gasteiger partial charge in [-0.1, -0.05) is 23.9 Å². The molecule has 0 spiro atoms. The Morgan fingerprint density at radius 1 is 1.21 bits per heavy atom. The Hall–Kier alpha value is -2.69. The van der Waals surface area contributed by atoms with E-state index in [1.807, 2.05) is 22.3 Å². The highest BCUT2D eigenvalue weighted by atomic mass is 32.2. The molecule has 1 aromatic carbocycles. The second-order valence-corrected chi connectivity index (χ2v) is 9.27. The van der Waals surface area contributed by atoms with E-state index in [1.165, 1.54) is 31.0 Å². The second-order valence-electron chi connectivity index (χ2n) is 8.44. The molecule has 1 atom stereocenters. The van der Waals surface area contributed by atoms with E-state index in [9.17, 15) is 14.0 Å². The van der Waals surface area contributed by atoms with E-state index in [0.29, 0.717) is 35.1 Å². The van der Waals surface area contributed by atoms with E-state index in [2.05, 4.69) is 9.89 Å². The molecular formula is C24H29FN4O4S. The summed E-state index contributed by atoms with van der Waals surface area (Å²) in [6.07, 6.45) is 0.173. The molecule has 0 aromatic heterocycles. The maximum Gasteiger partial charge on any atom is 0.338 e. The zero-order chi connectivity index (χ0) is 24.2. The van der Waals surface area contributed by atoms with Crippen LogP contribution in [0.4, 0.5) is 4.39 Å². The summed E-state index contributed by atoms with van der Waals surface area (Å²) in [5.74, 6) is -0.917. The third-order valence-electron chi connectivity index (χ3n) is 6.09. The molecule has 182 valence electrons. The standard InChI is InChI=1S/C24H29FN4O4S/c1-16-21(23(31)33-12-11-32-3)22(17-5-4-6-18(25)13-17)29-19(15-34-24(29)26-16)14-20(30)28-9-7-27(2)8-10-28/h4-6,13,15,22H,7-12,14H2,1-3H3. The lowest BCUT2D eigenvalue weighted by Crippen LogP contribution is -2.47. The van der Waals surface area contributed by atoms with Gasteiger partial charge in [0.15, 0.2) is 5.17 Å². The first kappa shape index (κ1) is 24.4. The molecule has 10 heteroatoms. The lowest BCUT2D eigenvalue weighted by Gasteiger charge is -2.37. The molecular weight excluding hydrogens is 459 g/mol. The minimum Gasteiger partial charge on any atom is -0.460 e. The van der Waals surface area contributed by atoms with Crippen LogP contribution in [0, 0.1) is 5.82 Å². The lowest BCUT2D eigenvalue weighted by molar-refractivity contribution is -0.141. The molecule has 1 saturated heterocycles. The lowest BCUT2D eigenvalue weighted by atomic mass is 9.93. The largest absolute Gasteiger partial charge is 0.460 e. The van der Waals surface area contributed by atoms with Crippen molar-refractivity contribution in [1.29, 1.82) is 0 Å². The monoisotopic (exact) mass is 488 g/mol. The van der Waals surface area contributed by atoms with Crippen molar-refractivity contribution in [2.45, 2.75) is 19.4 Å². The van der Waals surface area contributed by atoms with Crippen LogP contribution >= 0.6 is 11.8 Å². The van der Waals surface area contributed by atoms with Gasteiger partial charge in [-0.25, -0.2) is 14.2 Å². The van der Waals surface area contributed by atoms with E-state index in [4.69, 9.17) is 9.47 Å². The fourth-order valence-electron chi connectivity index (χ4n) is 4.24. The Kier molecular flexibility index (Phi) is 7.70. The summed E-state index contributed by atoms with van der Waals surface area (Å²) in [7, 11) is 3.57. The molecule has 1 amide bonds. The number of esters is 1. The zero-order valence-electron chi connectivity index (χ0n) is 19.6. The van der Waals surface area contributed by atoms with Gasteiger partial charge >= 0.3 is 5.97 Å². The quantitative estimate of drug-likeness (QED) is 0.432. The molecule has 0 radical (unpaired) electrons. The average Bonchev–Trinajstić information content (AvgIpc) is 3.20. The smallest absolute Gasteiger partial charge is 0.338 e. The van der Waals surface area contributed by atoms with Crippen molar-refractivity contribution >= 4 is 28.8 Å². The predicted molar refractivity (Wildman–Crippen MR) is 128 cm³/mol. The molecule has 0 bridgehead atoms. The number of amidine groups is 1. The number of amides is 1. The highest BCUT2D eigenvalue weighted by Crippen LogP contribution is 2.45. The van der Waals surface area contributed by atoms with Crippen LogP contribution in [-0.2, 0) is 19.1 Å². The summed E-state index contributed by atoms with van der Waals surface area (Å²) in [5, 5.41) is 2.55. The number of hydrogen-bond acceptors (Lipinski definition) is 8. The molecule has 3 aliphatic rings. The average molecular weight is 489 g/mol. The van der Waals surface area contributed by atoms with Gasteiger partial charge in [0.1, 0.15) is 12.4 Å². The first-order chi connectivity index (χ1) is 16.4. The minimum absolute atomic E-state index is 0.0229. The predicted octanol–water partition coefficient (Wildman–Crippen LogP) is 2.75. The normalized spacial score (nSPS) is 20.8. The van der Waals surface area contributed by atoms with Gasteiger partial charge < -0.3 is 24.2 Å². The van der Waals surface area contributed by atoms with Crippen molar-refractivity contribution in [3.8, 4) is 0 Å². The molecule has 0 saturated carbocycles. The highest BCUT2D eigenvalue weighted by Gasteiger charge is 2.41. The van der Waals surface area contributed by atoms with Crippen LogP contribution in [0.5, 0.6) is 0 Å². The molecule has 8 nitrogen and oxygen atoms in total. The summed E-state index contributed by atoms with van der Waals surface area (Å²) in [6.45, 7) is 5.14. The van der Waals surface area contributed by atoms with Crippen molar-refractivity contribution < 1.29 is 23.5 Å². The molecule has 3 aliphatic heterocycles. The van der Waals surface area contributed by atoms with Crippen LogP contribution in [0.3, 0.4) is 0 Å². The Bertz CT molecular complexity index is 1050. The first-order valence-corrected chi connectivity index (χ1v) is 12.1. The number of hydrogen-bond donors (Lipinski definition) is 0. The maximum absolute atomic E-state index is 14.2. The number of ether oxygens (including phenoxy) is 2. The Balaban J connectivity index is 1.64.